The molecule has 9 nitrogen and oxygen atoms in total. The maximum atomic E-state index is 12.8. The first-order valence-corrected chi connectivity index (χ1v) is 12.3. The van der Waals surface area contributed by atoms with Crippen LogP contribution in [-0.4, -0.2) is 61.7 Å². The van der Waals surface area contributed by atoms with E-state index in [1.54, 1.807) is 4.90 Å². The van der Waals surface area contributed by atoms with E-state index in [0.29, 0.717) is 50.2 Å². The summed E-state index contributed by atoms with van der Waals surface area (Å²) in [7, 11) is 0. The van der Waals surface area contributed by atoms with Crippen LogP contribution in [0.2, 0.25) is 0 Å². The number of ether oxygens (including phenoxy) is 4. The second kappa shape index (κ2) is 12.8. The number of nitrogens with one attached hydrogen (secondary N) is 1. The zero-order valence-corrected chi connectivity index (χ0v) is 21.3. The Morgan fingerprint density at radius 2 is 1.56 bits per heavy atom. The fraction of sp³-hybridized carbons (Fsp3) is 0.444. The van der Waals surface area contributed by atoms with Gasteiger partial charge in [-0.1, -0.05) is 24.3 Å². The summed E-state index contributed by atoms with van der Waals surface area (Å²) in [4.78, 5) is 39.6. The summed E-state index contributed by atoms with van der Waals surface area (Å²) in [5.41, 5.74) is 2.56. The van der Waals surface area contributed by atoms with Crippen molar-refractivity contribution in [2.24, 2.45) is 0 Å². The van der Waals surface area contributed by atoms with Gasteiger partial charge in [-0.2, -0.15) is 0 Å². The quantitative estimate of drug-likeness (QED) is 0.475. The Balaban J connectivity index is 1.58. The molecule has 2 amide bonds. The molecule has 1 atom stereocenters. The summed E-state index contributed by atoms with van der Waals surface area (Å²) >= 11 is 0. The van der Waals surface area contributed by atoms with Crippen LogP contribution in [0.1, 0.15) is 49.2 Å². The van der Waals surface area contributed by atoms with Crippen LogP contribution in [0.3, 0.4) is 0 Å². The van der Waals surface area contributed by atoms with Crippen LogP contribution in [0.5, 0.6) is 17.2 Å². The number of carbonyl (C=O) groups is 3. The second-order valence-electron chi connectivity index (χ2n) is 8.19. The molecule has 0 aliphatic carbocycles. The van der Waals surface area contributed by atoms with Crippen LogP contribution < -0.4 is 19.5 Å². The van der Waals surface area contributed by atoms with Crippen molar-refractivity contribution < 1.29 is 33.3 Å². The number of amides is 2. The Hall–Kier alpha value is -3.75. The normalized spacial score (nSPS) is 13.3. The minimum Gasteiger partial charge on any atom is -0.490 e. The van der Waals surface area contributed by atoms with Gasteiger partial charge in [-0.05, 0) is 57.4 Å². The molecule has 1 aliphatic heterocycles. The lowest BCUT2D eigenvalue weighted by molar-refractivity contribution is -0.158. The predicted octanol–water partition coefficient (Wildman–Crippen LogP) is 3.13. The average molecular weight is 499 g/mol. The van der Waals surface area contributed by atoms with Crippen molar-refractivity contribution in [1.82, 2.24) is 10.2 Å². The SMILES string of the molecule is CCOc1cc(C(=O)NCC(=O)OC(C)C(=O)N2CCc3ccccc3C2)cc(OCC)c1OCC. The molecule has 1 unspecified atom stereocenters. The van der Waals surface area contributed by atoms with E-state index in [1.807, 2.05) is 39.0 Å². The molecule has 1 aliphatic rings. The number of benzene rings is 2. The maximum absolute atomic E-state index is 12.8. The minimum atomic E-state index is -0.959. The van der Waals surface area contributed by atoms with Gasteiger partial charge in [-0.3, -0.25) is 14.4 Å². The van der Waals surface area contributed by atoms with Gasteiger partial charge in [-0.25, -0.2) is 0 Å². The molecule has 2 aromatic carbocycles. The third-order valence-corrected chi connectivity index (χ3v) is 5.66. The van der Waals surface area contributed by atoms with Crippen molar-refractivity contribution in [3.05, 3.63) is 53.1 Å². The van der Waals surface area contributed by atoms with Crippen molar-refractivity contribution in [3.63, 3.8) is 0 Å². The number of rotatable bonds is 11. The summed E-state index contributed by atoms with van der Waals surface area (Å²) in [5.74, 6) is -0.310. The fourth-order valence-electron chi connectivity index (χ4n) is 4.00. The third-order valence-electron chi connectivity index (χ3n) is 5.66. The maximum Gasteiger partial charge on any atom is 0.326 e. The van der Waals surface area contributed by atoms with E-state index in [0.717, 1.165) is 12.0 Å². The first-order valence-electron chi connectivity index (χ1n) is 12.3. The zero-order valence-electron chi connectivity index (χ0n) is 21.3. The number of hydrogen-bond acceptors (Lipinski definition) is 7. The van der Waals surface area contributed by atoms with Crippen molar-refractivity contribution >= 4 is 17.8 Å². The lowest BCUT2D eigenvalue weighted by Gasteiger charge is -2.30. The van der Waals surface area contributed by atoms with Crippen LogP contribution in [0.25, 0.3) is 0 Å². The number of carbonyl (C=O) groups excluding carboxylic acids is 3. The van der Waals surface area contributed by atoms with E-state index >= 15 is 0 Å². The zero-order chi connectivity index (χ0) is 26.1. The Labute approximate surface area is 211 Å². The van der Waals surface area contributed by atoms with Gasteiger partial charge in [0, 0.05) is 18.7 Å². The topological polar surface area (TPSA) is 103 Å². The highest BCUT2D eigenvalue weighted by molar-refractivity contribution is 5.97. The molecule has 0 aromatic heterocycles. The molecule has 194 valence electrons. The van der Waals surface area contributed by atoms with Gasteiger partial charge >= 0.3 is 5.97 Å². The average Bonchev–Trinajstić information content (AvgIpc) is 2.88. The molecule has 1 N–H and O–H groups in total. The molecule has 0 spiro atoms. The highest BCUT2D eigenvalue weighted by Gasteiger charge is 2.27. The summed E-state index contributed by atoms with van der Waals surface area (Å²) in [6.45, 7) is 8.83. The first kappa shape index (κ1) is 26.8. The molecule has 0 fully saturated rings. The monoisotopic (exact) mass is 498 g/mol. The summed E-state index contributed by atoms with van der Waals surface area (Å²) < 4.78 is 22.2. The van der Waals surface area contributed by atoms with Crippen molar-refractivity contribution in [2.75, 3.05) is 32.9 Å². The number of esters is 1. The van der Waals surface area contributed by atoms with Gasteiger partial charge in [-0.15, -0.1) is 0 Å². The van der Waals surface area contributed by atoms with Crippen LogP contribution in [-0.2, 0) is 27.3 Å². The summed E-state index contributed by atoms with van der Waals surface area (Å²) in [5, 5.41) is 2.54. The molecular formula is C27H34N2O7. The van der Waals surface area contributed by atoms with Gasteiger partial charge < -0.3 is 29.2 Å². The number of hydrogen-bond donors (Lipinski definition) is 1. The molecule has 0 saturated carbocycles. The summed E-state index contributed by atoms with van der Waals surface area (Å²) in [6.07, 6.45) is -0.201. The van der Waals surface area contributed by atoms with Crippen LogP contribution in [0.15, 0.2) is 36.4 Å². The highest BCUT2D eigenvalue weighted by Crippen LogP contribution is 2.39. The van der Waals surface area contributed by atoms with E-state index in [2.05, 4.69) is 11.4 Å². The molecule has 0 radical (unpaired) electrons. The Morgan fingerprint density at radius 3 is 2.17 bits per heavy atom. The molecule has 3 rings (SSSR count). The smallest absolute Gasteiger partial charge is 0.326 e. The lowest BCUT2D eigenvalue weighted by atomic mass is 9.99. The fourth-order valence-corrected chi connectivity index (χ4v) is 4.00. The second-order valence-corrected chi connectivity index (χ2v) is 8.19. The van der Waals surface area contributed by atoms with Gasteiger partial charge in [0.05, 0.1) is 19.8 Å². The predicted molar refractivity (Wildman–Crippen MR) is 133 cm³/mol. The van der Waals surface area contributed by atoms with Crippen LogP contribution in [0.4, 0.5) is 0 Å². The molecule has 0 bridgehead atoms. The largest absolute Gasteiger partial charge is 0.490 e. The molecule has 2 aromatic rings. The number of fused-ring (bicyclic) bond motifs is 1. The molecule has 36 heavy (non-hydrogen) atoms. The Kier molecular flexibility index (Phi) is 9.55. The van der Waals surface area contributed by atoms with E-state index in [1.165, 1.54) is 24.6 Å². The Morgan fingerprint density at radius 1 is 0.944 bits per heavy atom. The van der Waals surface area contributed by atoms with Gasteiger partial charge in [0.1, 0.15) is 6.54 Å². The van der Waals surface area contributed by atoms with E-state index in [4.69, 9.17) is 18.9 Å². The van der Waals surface area contributed by atoms with Gasteiger partial charge in [0.15, 0.2) is 17.6 Å². The van der Waals surface area contributed by atoms with Crippen LogP contribution >= 0.6 is 0 Å². The van der Waals surface area contributed by atoms with Crippen molar-refractivity contribution in [3.8, 4) is 17.2 Å². The van der Waals surface area contributed by atoms with Crippen LogP contribution in [0, 0.1) is 0 Å². The van der Waals surface area contributed by atoms with E-state index in [9.17, 15) is 14.4 Å². The van der Waals surface area contributed by atoms with E-state index in [-0.39, 0.29) is 18.0 Å². The van der Waals surface area contributed by atoms with Crippen molar-refractivity contribution in [2.45, 2.75) is 46.8 Å². The minimum absolute atomic E-state index is 0.245. The van der Waals surface area contributed by atoms with Crippen molar-refractivity contribution in [1.29, 1.82) is 0 Å². The lowest BCUT2D eigenvalue weighted by Crippen LogP contribution is -2.43. The standard InChI is InChI=1S/C27H34N2O7/c1-5-33-22-14-21(15-23(34-6-2)25(22)35-7-3)26(31)28-16-24(30)36-18(4)27(32)29-13-12-19-10-8-9-11-20(19)17-29/h8-11,14-15,18H,5-7,12-13,16-17H2,1-4H3,(H,28,31). The Bertz CT molecular complexity index is 1060. The first-order chi connectivity index (χ1) is 17.4. The summed E-state index contributed by atoms with van der Waals surface area (Å²) in [6, 6.07) is 11.1. The molecular weight excluding hydrogens is 464 g/mol. The van der Waals surface area contributed by atoms with E-state index < -0.39 is 18.0 Å². The highest BCUT2D eigenvalue weighted by atomic mass is 16.6. The molecule has 0 saturated heterocycles. The third kappa shape index (κ3) is 6.68. The number of nitrogens with zero attached hydrogens (tertiary/aromatic N) is 1. The molecule has 1 heterocycles. The van der Waals surface area contributed by atoms with Gasteiger partial charge in [0.25, 0.3) is 11.8 Å². The molecule has 9 heteroatoms. The van der Waals surface area contributed by atoms with Gasteiger partial charge in [0.2, 0.25) is 5.75 Å².